The summed E-state index contributed by atoms with van der Waals surface area (Å²) in [5, 5.41) is 0.878. The van der Waals surface area contributed by atoms with Crippen LogP contribution in [0.25, 0.3) is 0 Å². The standard InChI is InChI=1S/C12H19O2P/c1-9(2)11-7-6-10(15(4,5)13)8-12(11)14-3/h6-9H,1-5H3. The fraction of sp³-hybridized carbons (Fsp3) is 0.500. The Labute approximate surface area is 92.0 Å². The molecule has 0 radical (unpaired) electrons. The van der Waals surface area contributed by atoms with Gasteiger partial charge in [-0.05, 0) is 30.9 Å². The van der Waals surface area contributed by atoms with Crippen molar-refractivity contribution in [3.63, 3.8) is 0 Å². The summed E-state index contributed by atoms with van der Waals surface area (Å²) in [7, 11) is -0.534. The van der Waals surface area contributed by atoms with Crippen LogP contribution in [0.1, 0.15) is 25.3 Å². The summed E-state index contributed by atoms with van der Waals surface area (Å²) in [4.78, 5) is 0. The summed E-state index contributed by atoms with van der Waals surface area (Å²) in [5.74, 6) is 1.26. The Hall–Kier alpha value is -0.750. The first-order chi connectivity index (χ1) is 6.86. The smallest absolute Gasteiger partial charge is 0.123 e. The van der Waals surface area contributed by atoms with Gasteiger partial charge >= 0.3 is 0 Å². The van der Waals surface area contributed by atoms with Crippen LogP contribution < -0.4 is 10.0 Å². The molecule has 0 aliphatic heterocycles. The number of methoxy groups -OCH3 is 1. The molecule has 0 amide bonds. The summed E-state index contributed by atoms with van der Waals surface area (Å²) in [6.45, 7) is 7.79. The summed E-state index contributed by atoms with van der Waals surface area (Å²) in [6.07, 6.45) is 0. The molecule has 0 aromatic heterocycles. The maximum Gasteiger partial charge on any atom is 0.123 e. The normalized spacial score (nSPS) is 11.9. The molecule has 3 heteroatoms. The highest BCUT2D eigenvalue weighted by molar-refractivity contribution is 7.70. The zero-order valence-electron chi connectivity index (χ0n) is 10.1. The number of ether oxygens (including phenoxy) is 1. The van der Waals surface area contributed by atoms with Gasteiger partial charge in [-0.3, -0.25) is 0 Å². The topological polar surface area (TPSA) is 26.3 Å². The van der Waals surface area contributed by atoms with E-state index in [-0.39, 0.29) is 0 Å². The van der Waals surface area contributed by atoms with Crippen LogP contribution in [0.5, 0.6) is 5.75 Å². The molecular formula is C12H19O2P. The van der Waals surface area contributed by atoms with E-state index in [1.165, 1.54) is 0 Å². The minimum absolute atomic E-state index is 0.419. The fourth-order valence-electron chi connectivity index (χ4n) is 1.51. The lowest BCUT2D eigenvalue weighted by Gasteiger charge is -2.15. The van der Waals surface area contributed by atoms with E-state index in [2.05, 4.69) is 13.8 Å². The van der Waals surface area contributed by atoms with Crippen LogP contribution in [-0.4, -0.2) is 20.4 Å². The number of rotatable bonds is 3. The third-order valence-corrected chi connectivity index (χ3v) is 3.98. The molecule has 0 heterocycles. The Bertz CT molecular complexity index is 391. The van der Waals surface area contributed by atoms with Crippen molar-refractivity contribution in [3.05, 3.63) is 23.8 Å². The van der Waals surface area contributed by atoms with Gasteiger partial charge in [0.2, 0.25) is 0 Å². The average Bonchev–Trinajstić information content (AvgIpc) is 2.15. The van der Waals surface area contributed by atoms with Gasteiger partial charge in [-0.1, -0.05) is 26.0 Å². The van der Waals surface area contributed by atoms with E-state index >= 15 is 0 Å². The van der Waals surface area contributed by atoms with Crippen LogP contribution in [-0.2, 0) is 4.57 Å². The van der Waals surface area contributed by atoms with Crippen molar-refractivity contribution >= 4 is 12.4 Å². The van der Waals surface area contributed by atoms with Crippen LogP contribution in [0, 0.1) is 0 Å². The first kappa shape index (κ1) is 12.3. The third-order valence-electron chi connectivity index (χ3n) is 2.46. The highest BCUT2D eigenvalue weighted by atomic mass is 31.2. The first-order valence-electron chi connectivity index (χ1n) is 5.09. The second kappa shape index (κ2) is 4.40. The van der Waals surface area contributed by atoms with E-state index < -0.39 is 7.14 Å². The number of benzene rings is 1. The Morgan fingerprint density at radius 3 is 2.27 bits per heavy atom. The number of hydrogen-bond donors (Lipinski definition) is 0. The molecule has 15 heavy (non-hydrogen) atoms. The highest BCUT2D eigenvalue weighted by Gasteiger charge is 2.15. The third kappa shape index (κ3) is 2.85. The molecular weight excluding hydrogens is 207 g/mol. The van der Waals surface area contributed by atoms with Crippen LogP contribution in [0.3, 0.4) is 0 Å². The molecule has 1 aromatic rings. The minimum atomic E-state index is -2.19. The first-order valence-corrected chi connectivity index (χ1v) is 7.70. The predicted molar refractivity (Wildman–Crippen MR) is 66.2 cm³/mol. The average molecular weight is 226 g/mol. The lowest BCUT2D eigenvalue weighted by atomic mass is 10.0. The second-order valence-corrected chi connectivity index (χ2v) is 7.65. The van der Waals surface area contributed by atoms with Gasteiger partial charge in [-0.15, -0.1) is 0 Å². The zero-order chi connectivity index (χ0) is 11.6. The van der Waals surface area contributed by atoms with E-state index in [0.29, 0.717) is 5.92 Å². The minimum Gasteiger partial charge on any atom is -0.496 e. The summed E-state index contributed by atoms with van der Waals surface area (Å²) < 4.78 is 17.2. The summed E-state index contributed by atoms with van der Waals surface area (Å²) in [5.41, 5.74) is 1.16. The molecule has 0 spiro atoms. The summed E-state index contributed by atoms with van der Waals surface area (Å²) >= 11 is 0. The quantitative estimate of drug-likeness (QED) is 0.740. The molecule has 0 N–H and O–H groups in total. The van der Waals surface area contributed by atoms with Gasteiger partial charge in [0, 0.05) is 5.30 Å². The molecule has 0 saturated carbocycles. The van der Waals surface area contributed by atoms with Gasteiger partial charge < -0.3 is 9.30 Å². The SMILES string of the molecule is COc1cc(P(C)(C)=O)ccc1C(C)C. The molecule has 0 atom stereocenters. The van der Waals surface area contributed by atoms with Crippen LogP contribution in [0.4, 0.5) is 0 Å². The van der Waals surface area contributed by atoms with Crippen molar-refractivity contribution in [3.8, 4) is 5.75 Å². The van der Waals surface area contributed by atoms with Gasteiger partial charge in [0.25, 0.3) is 0 Å². The maximum absolute atomic E-state index is 11.9. The maximum atomic E-state index is 11.9. The Morgan fingerprint density at radius 1 is 1.27 bits per heavy atom. The predicted octanol–water partition coefficient (Wildman–Crippen LogP) is 3.07. The Kier molecular flexibility index (Phi) is 3.62. The number of hydrogen-bond acceptors (Lipinski definition) is 2. The molecule has 0 aliphatic carbocycles. The van der Waals surface area contributed by atoms with Gasteiger partial charge in [0.1, 0.15) is 12.9 Å². The van der Waals surface area contributed by atoms with Gasteiger partial charge in [-0.25, -0.2) is 0 Å². The largest absolute Gasteiger partial charge is 0.496 e. The molecule has 0 unspecified atom stereocenters. The Morgan fingerprint density at radius 2 is 1.87 bits per heavy atom. The second-order valence-electron chi connectivity index (χ2n) is 4.43. The summed E-state index contributed by atoms with van der Waals surface area (Å²) in [6, 6.07) is 5.85. The van der Waals surface area contributed by atoms with Crippen molar-refractivity contribution in [1.29, 1.82) is 0 Å². The molecule has 0 bridgehead atoms. The van der Waals surface area contributed by atoms with E-state index in [9.17, 15) is 4.57 Å². The van der Waals surface area contributed by atoms with Crippen LogP contribution >= 0.6 is 7.14 Å². The van der Waals surface area contributed by atoms with Crippen LogP contribution in [0.2, 0.25) is 0 Å². The highest BCUT2D eigenvalue weighted by Crippen LogP contribution is 2.37. The van der Waals surface area contributed by atoms with Gasteiger partial charge in [0.05, 0.1) is 7.11 Å². The molecule has 0 saturated heterocycles. The van der Waals surface area contributed by atoms with E-state index in [4.69, 9.17) is 4.74 Å². The van der Waals surface area contributed by atoms with Crippen molar-refractivity contribution in [2.75, 3.05) is 20.4 Å². The van der Waals surface area contributed by atoms with E-state index in [0.717, 1.165) is 16.6 Å². The van der Waals surface area contributed by atoms with Crippen LogP contribution in [0.15, 0.2) is 18.2 Å². The fourth-order valence-corrected chi connectivity index (χ4v) is 2.37. The van der Waals surface area contributed by atoms with E-state index in [1.807, 2.05) is 18.2 Å². The molecule has 2 nitrogen and oxygen atoms in total. The lowest BCUT2D eigenvalue weighted by Crippen LogP contribution is -2.05. The van der Waals surface area contributed by atoms with Gasteiger partial charge in [0.15, 0.2) is 0 Å². The molecule has 1 aromatic carbocycles. The van der Waals surface area contributed by atoms with E-state index in [1.54, 1.807) is 20.4 Å². The van der Waals surface area contributed by atoms with Crippen molar-refractivity contribution < 1.29 is 9.30 Å². The molecule has 0 aliphatic rings. The monoisotopic (exact) mass is 226 g/mol. The zero-order valence-corrected chi connectivity index (χ0v) is 11.0. The lowest BCUT2D eigenvalue weighted by molar-refractivity contribution is 0.408. The molecule has 0 fully saturated rings. The van der Waals surface area contributed by atoms with Crippen molar-refractivity contribution in [2.24, 2.45) is 0 Å². The van der Waals surface area contributed by atoms with Crippen molar-refractivity contribution in [2.45, 2.75) is 19.8 Å². The van der Waals surface area contributed by atoms with Crippen molar-refractivity contribution in [1.82, 2.24) is 0 Å². The molecule has 84 valence electrons. The Balaban J connectivity index is 3.25. The van der Waals surface area contributed by atoms with Gasteiger partial charge in [-0.2, -0.15) is 0 Å². The molecule has 1 rings (SSSR count).